The van der Waals surface area contributed by atoms with Crippen LogP contribution in [0, 0.1) is 5.82 Å². The van der Waals surface area contributed by atoms with Crippen molar-refractivity contribution in [3.05, 3.63) is 34.6 Å². The van der Waals surface area contributed by atoms with Crippen LogP contribution in [0.1, 0.15) is 35.6 Å². The molecule has 14 heavy (non-hydrogen) atoms. The zero-order chi connectivity index (χ0) is 9.54. The summed E-state index contributed by atoms with van der Waals surface area (Å²) in [5.74, 6) is 0.0173. The van der Waals surface area contributed by atoms with Gasteiger partial charge in [-0.3, -0.25) is 0 Å². The van der Waals surface area contributed by atoms with Gasteiger partial charge in [0.15, 0.2) is 0 Å². The lowest BCUT2D eigenvalue weighted by molar-refractivity contribution is 0.381. The number of aryl methyl sites for hydroxylation is 1. The molecule has 1 saturated heterocycles. The van der Waals surface area contributed by atoms with Crippen LogP contribution in [0.3, 0.4) is 0 Å². The Morgan fingerprint density at radius 3 is 2.86 bits per heavy atom. The lowest BCUT2D eigenvalue weighted by Crippen LogP contribution is -2.35. The highest BCUT2D eigenvalue weighted by Crippen LogP contribution is 2.31. The fourth-order valence-electron chi connectivity index (χ4n) is 2.45. The van der Waals surface area contributed by atoms with Crippen LogP contribution in [0.2, 0.25) is 0 Å². The van der Waals surface area contributed by atoms with Gasteiger partial charge in [-0.05, 0) is 55.0 Å². The second-order valence-corrected chi connectivity index (χ2v) is 4.29. The van der Waals surface area contributed by atoms with Gasteiger partial charge in [-0.2, -0.15) is 0 Å². The minimum Gasteiger partial charge on any atom is -0.310 e. The molecule has 1 N–H and O–H groups in total. The fourth-order valence-corrected chi connectivity index (χ4v) is 2.45. The van der Waals surface area contributed by atoms with Crippen molar-refractivity contribution in [3.8, 4) is 0 Å². The molecule has 0 amide bonds. The number of hydrogen-bond acceptors (Lipinski definition) is 1. The third-order valence-electron chi connectivity index (χ3n) is 3.41. The Morgan fingerprint density at radius 2 is 2.14 bits per heavy atom. The van der Waals surface area contributed by atoms with Crippen LogP contribution in [-0.4, -0.2) is 6.54 Å². The number of halogens is 1. The zero-order valence-corrected chi connectivity index (χ0v) is 8.15. The van der Waals surface area contributed by atoms with Gasteiger partial charge in [-0.1, -0.05) is 6.07 Å². The number of hydrogen-bond donors (Lipinski definition) is 1. The van der Waals surface area contributed by atoms with E-state index in [2.05, 4.69) is 11.4 Å². The smallest absolute Gasteiger partial charge is 0.127 e. The molecule has 1 fully saturated rings. The Labute approximate surface area is 83.3 Å². The largest absolute Gasteiger partial charge is 0.310 e. The van der Waals surface area contributed by atoms with Crippen molar-refractivity contribution in [2.75, 3.05) is 6.54 Å². The lowest BCUT2D eigenvalue weighted by atomic mass is 9.94. The van der Waals surface area contributed by atoms with Crippen molar-refractivity contribution in [2.45, 2.75) is 31.7 Å². The van der Waals surface area contributed by atoms with Crippen molar-refractivity contribution < 1.29 is 4.39 Å². The first-order valence-electron chi connectivity index (χ1n) is 5.39. The Balaban J connectivity index is 2.02. The van der Waals surface area contributed by atoms with E-state index in [1.165, 1.54) is 5.56 Å². The van der Waals surface area contributed by atoms with Gasteiger partial charge < -0.3 is 5.32 Å². The third kappa shape index (κ3) is 1.17. The summed E-state index contributed by atoms with van der Waals surface area (Å²) in [6.07, 6.45) is 4.26. The summed E-state index contributed by atoms with van der Waals surface area (Å²) in [4.78, 5) is 0. The van der Waals surface area contributed by atoms with Crippen molar-refractivity contribution in [1.82, 2.24) is 5.32 Å². The molecule has 1 heterocycles. The Hall–Kier alpha value is -0.890. The highest BCUT2D eigenvalue weighted by atomic mass is 19.1. The van der Waals surface area contributed by atoms with Crippen LogP contribution in [0.25, 0.3) is 0 Å². The topological polar surface area (TPSA) is 12.0 Å². The quantitative estimate of drug-likeness (QED) is 0.718. The first-order valence-corrected chi connectivity index (χ1v) is 5.39. The van der Waals surface area contributed by atoms with Crippen molar-refractivity contribution in [1.29, 1.82) is 0 Å². The molecule has 1 aliphatic carbocycles. The second-order valence-electron chi connectivity index (χ2n) is 4.29. The summed E-state index contributed by atoms with van der Waals surface area (Å²) in [7, 11) is 0. The molecule has 0 spiro atoms. The molecule has 0 bridgehead atoms. The molecular formula is C12H14FN. The highest BCUT2D eigenvalue weighted by molar-refractivity contribution is 5.38. The van der Waals surface area contributed by atoms with E-state index in [0.717, 1.165) is 43.4 Å². The molecule has 1 aliphatic heterocycles. The first-order chi connectivity index (χ1) is 6.84. The van der Waals surface area contributed by atoms with Crippen molar-refractivity contribution in [3.63, 3.8) is 0 Å². The minimum absolute atomic E-state index is 0.0173. The molecule has 1 aromatic carbocycles. The average molecular weight is 191 g/mol. The summed E-state index contributed by atoms with van der Waals surface area (Å²) in [6.45, 7) is 1.07. The van der Waals surface area contributed by atoms with Gasteiger partial charge in [-0.15, -0.1) is 0 Å². The number of fused-ring (bicyclic) bond motifs is 1. The molecule has 0 saturated carbocycles. The van der Waals surface area contributed by atoms with Crippen LogP contribution < -0.4 is 5.32 Å². The van der Waals surface area contributed by atoms with E-state index in [-0.39, 0.29) is 5.82 Å². The maximum atomic E-state index is 13.6. The summed E-state index contributed by atoms with van der Waals surface area (Å²) < 4.78 is 13.6. The van der Waals surface area contributed by atoms with E-state index in [4.69, 9.17) is 0 Å². The summed E-state index contributed by atoms with van der Waals surface area (Å²) in [6, 6.07) is 4.33. The molecule has 2 heteroatoms. The Bertz CT molecular complexity index is 369. The van der Waals surface area contributed by atoms with Gasteiger partial charge in [0.2, 0.25) is 0 Å². The maximum absolute atomic E-state index is 13.6. The molecule has 0 aromatic heterocycles. The van der Waals surface area contributed by atoms with Crippen molar-refractivity contribution >= 4 is 0 Å². The number of benzene rings is 1. The second kappa shape index (κ2) is 3.06. The van der Waals surface area contributed by atoms with Crippen LogP contribution in [0.4, 0.5) is 4.39 Å². The molecule has 74 valence electrons. The monoisotopic (exact) mass is 191 g/mol. The van der Waals surface area contributed by atoms with E-state index in [1.54, 1.807) is 6.07 Å². The standard InChI is InChI=1S/C12H14FN/c13-11-7-9(12-4-5-14-12)6-8-2-1-3-10(8)11/h6-7,12,14H,1-5H2/t12-/m1/s1. The van der Waals surface area contributed by atoms with E-state index >= 15 is 0 Å². The van der Waals surface area contributed by atoms with Gasteiger partial charge in [0, 0.05) is 6.04 Å². The lowest BCUT2D eigenvalue weighted by Gasteiger charge is -2.28. The highest BCUT2D eigenvalue weighted by Gasteiger charge is 2.23. The number of rotatable bonds is 1. The van der Waals surface area contributed by atoms with Gasteiger partial charge >= 0.3 is 0 Å². The predicted octanol–water partition coefficient (Wildman–Crippen LogP) is 2.35. The molecular weight excluding hydrogens is 177 g/mol. The summed E-state index contributed by atoms with van der Waals surface area (Å²) in [5.41, 5.74) is 3.36. The molecule has 1 aromatic rings. The van der Waals surface area contributed by atoms with Crippen LogP contribution in [-0.2, 0) is 12.8 Å². The molecule has 0 unspecified atom stereocenters. The van der Waals surface area contributed by atoms with Gasteiger partial charge in [0.1, 0.15) is 5.82 Å². The van der Waals surface area contributed by atoms with Gasteiger partial charge in [-0.25, -0.2) is 4.39 Å². The Kier molecular flexibility index (Phi) is 1.84. The summed E-state index contributed by atoms with van der Waals surface area (Å²) in [5, 5.41) is 3.31. The Morgan fingerprint density at radius 1 is 1.29 bits per heavy atom. The molecule has 1 nitrogen and oxygen atoms in total. The van der Waals surface area contributed by atoms with Gasteiger partial charge in [0.25, 0.3) is 0 Å². The third-order valence-corrected chi connectivity index (χ3v) is 3.41. The fraction of sp³-hybridized carbons (Fsp3) is 0.500. The minimum atomic E-state index is 0.0173. The molecule has 1 atom stereocenters. The van der Waals surface area contributed by atoms with E-state index in [1.807, 2.05) is 0 Å². The van der Waals surface area contributed by atoms with E-state index in [9.17, 15) is 4.39 Å². The normalized spacial score (nSPS) is 24.5. The van der Waals surface area contributed by atoms with E-state index < -0.39 is 0 Å². The molecule has 3 rings (SSSR count). The number of nitrogens with one attached hydrogen (secondary N) is 1. The molecule has 0 radical (unpaired) electrons. The summed E-state index contributed by atoms with van der Waals surface area (Å²) >= 11 is 0. The first kappa shape index (κ1) is 8.42. The predicted molar refractivity (Wildman–Crippen MR) is 53.8 cm³/mol. The van der Waals surface area contributed by atoms with Crippen LogP contribution >= 0.6 is 0 Å². The van der Waals surface area contributed by atoms with Crippen LogP contribution in [0.5, 0.6) is 0 Å². The van der Waals surface area contributed by atoms with Gasteiger partial charge in [0.05, 0.1) is 0 Å². The molecule has 2 aliphatic rings. The maximum Gasteiger partial charge on any atom is 0.127 e. The van der Waals surface area contributed by atoms with E-state index in [0.29, 0.717) is 6.04 Å². The van der Waals surface area contributed by atoms with Crippen LogP contribution in [0.15, 0.2) is 12.1 Å². The zero-order valence-electron chi connectivity index (χ0n) is 8.15. The van der Waals surface area contributed by atoms with Crippen molar-refractivity contribution in [2.24, 2.45) is 0 Å². The SMILES string of the molecule is Fc1cc([C@H]2CCN2)cc2c1CCC2. The average Bonchev–Trinajstić information content (AvgIpc) is 2.48.